The number of carbonyl (C=O) groups is 2. The van der Waals surface area contributed by atoms with Gasteiger partial charge in [0.05, 0.1) is 35.8 Å². The number of hydrogen-bond acceptors (Lipinski definition) is 12. The number of aliphatic carboxylic acids is 2. The van der Waals surface area contributed by atoms with Crippen molar-refractivity contribution >= 4 is 32.0 Å². The van der Waals surface area contributed by atoms with Crippen LogP contribution in [0.5, 0.6) is 0 Å². The smallest absolute Gasteiger partial charge is 0.323 e. The molecule has 4 aromatic rings. The molecule has 0 aliphatic heterocycles. The molecule has 326 valence electrons. The van der Waals surface area contributed by atoms with E-state index in [-0.39, 0.29) is 25.7 Å². The number of sulfonamides is 2. The summed E-state index contributed by atoms with van der Waals surface area (Å²) in [6, 6.07) is 17.7. The summed E-state index contributed by atoms with van der Waals surface area (Å²) in [5.74, 6) is -5.49. The lowest BCUT2D eigenvalue weighted by Gasteiger charge is -2.40. The van der Waals surface area contributed by atoms with E-state index in [1.165, 1.54) is 24.8 Å². The molecule has 0 fully saturated rings. The quantitative estimate of drug-likeness (QED) is 0.0526. The minimum Gasteiger partial charge on any atom is -0.480 e. The molecular weight excluding hydrogens is 813 g/mol. The molecule has 16 nitrogen and oxygen atoms in total. The van der Waals surface area contributed by atoms with Crippen molar-refractivity contribution in [2.75, 3.05) is 11.5 Å². The van der Waals surface area contributed by atoms with Crippen molar-refractivity contribution in [3.8, 4) is 0 Å². The highest BCUT2D eigenvalue weighted by Gasteiger charge is 2.44. The van der Waals surface area contributed by atoms with E-state index < -0.39 is 91.7 Å². The van der Waals surface area contributed by atoms with Gasteiger partial charge < -0.3 is 20.4 Å². The zero-order chi connectivity index (χ0) is 44.0. The molecule has 0 saturated heterocycles. The molecule has 0 spiro atoms. The number of nitrogens with zero attached hydrogens (tertiary/aromatic N) is 4. The number of carboxylic acid groups (broad SMARTS) is 2. The number of benzene rings is 2. The lowest BCUT2D eigenvalue weighted by molar-refractivity contribution is -0.146. The molecule has 18 heteroatoms. The van der Waals surface area contributed by atoms with E-state index in [0.29, 0.717) is 31.1 Å². The monoisotopic (exact) mass is 868 g/mol. The second-order valence-electron chi connectivity index (χ2n) is 15.3. The SMILES string of the molecule is CC(C)[C@@H](C(=O)O)N(N[C@@H](Cc1ccccc1)[C@H](O)[C@H](O)[C@H](Cc1ccccc1)NN([C@H](C(=O)O)C(C)C)S(=O)(=O)CCc1ccncc1)S(=O)(=O)CCc1ccncc1. The molecule has 6 atom stereocenters. The van der Waals surface area contributed by atoms with Gasteiger partial charge in [0.15, 0.2) is 0 Å². The van der Waals surface area contributed by atoms with Crippen LogP contribution in [0.3, 0.4) is 0 Å². The molecule has 2 heterocycles. The maximum absolute atomic E-state index is 14.2. The van der Waals surface area contributed by atoms with Crippen LogP contribution in [0.2, 0.25) is 0 Å². The molecule has 60 heavy (non-hydrogen) atoms. The average molecular weight is 869 g/mol. The van der Waals surface area contributed by atoms with Crippen LogP contribution in [0.15, 0.2) is 110 Å². The van der Waals surface area contributed by atoms with Gasteiger partial charge in [0, 0.05) is 24.8 Å². The zero-order valence-corrected chi connectivity index (χ0v) is 35.7. The zero-order valence-electron chi connectivity index (χ0n) is 34.1. The third-order valence-corrected chi connectivity index (χ3v) is 13.3. The van der Waals surface area contributed by atoms with Crippen molar-refractivity contribution in [1.82, 2.24) is 29.6 Å². The lowest BCUT2D eigenvalue weighted by atomic mass is 9.91. The molecule has 4 rings (SSSR count). The molecule has 2 aromatic heterocycles. The van der Waals surface area contributed by atoms with Gasteiger partial charge in [-0.05, 0) is 84.0 Å². The highest BCUT2D eigenvalue weighted by Crippen LogP contribution is 2.23. The van der Waals surface area contributed by atoms with Gasteiger partial charge in [-0.15, -0.1) is 8.83 Å². The maximum Gasteiger partial charge on any atom is 0.323 e. The van der Waals surface area contributed by atoms with E-state index >= 15 is 0 Å². The number of pyridine rings is 2. The Morgan fingerprint density at radius 2 is 0.867 bits per heavy atom. The molecule has 0 aliphatic carbocycles. The third-order valence-electron chi connectivity index (χ3n) is 10.0. The molecular formula is C42H56N6O10S2. The van der Waals surface area contributed by atoms with Gasteiger partial charge in [-0.1, -0.05) is 88.4 Å². The molecule has 2 aromatic carbocycles. The largest absolute Gasteiger partial charge is 0.480 e. The van der Waals surface area contributed by atoms with Gasteiger partial charge in [-0.25, -0.2) is 27.7 Å². The highest BCUT2D eigenvalue weighted by atomic mass is 32.2. The molecule has 0 radical (unpaired) electrons. The first kappa shape index (κ1) is 48.0. The van der Waals surface area contributed by atoms with Crippen molar-refractivity contribution in [2.24, 2.45) is 11.8 Å². The second-order valence-corrected chi connectivity index (χ2v) is 19.3. The second kappa shape index (κ2) is 22.3. The summed E-state index contributed by atoms with van der Waals surface area (Å²) >= 11 is 0. The van der Waals surface area contributed by atoms with Gasteiger partial charge in [0.25, 0.3) is 0 Å². The number of aryl methyl sites for hydroxylation is 2. The van der Waals surface area contributed by atoms with Gasteiger partial charge in [-0.3, -0.25) is 19.6 Å². The number of nitrogens with one attached hydrogen (secondary N) is 2. The molecule has 0 amide bonds. The third kappa shape index (κ3) is 13.7. The Morgan fingerprint density at radius 1 is 0.550 bits per heavy atom. The predicted octanol–water partition coefficient (Wildman–Crippen LogP) is 2.70. The van der Waals surface area contributed by atoms with Gasteiger partial charge in [0.1, 0.15) is 12.1 Å². The molecule has 0 unspecified atom stereocenters. The Morgan fingerprint density at radius 3 is 1.15 bits per heavy atom. The van der Waals surface area contributed by atoms with Crippen molar-refractivity contribution in [3.05, 3.63) is 132 Å². The first-order valence-corrected chi connectivity index (χ1v) is 22.9. The average Bonchev–Trinajstić information content (AvgIpc) is 3.21. The Hall–Kier alpha value is -4.66. The summed E-state index contributed by atoms with van der Waals surface area (Å²) in [4.78, 5) is 33.5. The normalized spacial score (nSPS) is 15.4. The number of aromatic nitrogens is 2. The van der Waals surface area contributed by atoms with Crippen molar-refractivity contribution in [3.63, 3.8) is 0 Å². The predicted molar refractivity (Wildman–Crippen MR) is 226 cm³/mol. The molecule has 0 aliphatic rings. The Balaban J connectivity index is 1.80. The number of hydrogen-bond donors (Lipinski definition) is 6. The van der Waals surface area contributed by atoms with E-state index in [2.05, 4.69) is 20.8 Å². The fourth-order valence-electron chi connectivity index (χ4n) is 6.79. The molecule has 0 saturated carbocycles. The van der Waals surface area contributed by atoms with Crippen LogP contribution in [0.1, 0.15) is 49.9 Å². The summed E-state index contributed by atoms with van der Waals surface area (Å²) in [7, 11) is -8.93. The number of aliphatic hydroxyl groups is 2. The number of aliphatic hydroxyl groups excluding tert-OH is 2. The van der Waals surface area contributed by atoms with Gasteiger partial charge in [-0.2, -0.15) is 0 Å². The molecule has 0 bridgehead atoms. The Kier molecular flexibility index (Phi) is 17.8. The number of carboxylic acids is 2. The van der Waals surface area contributed by atoms with Crippen LogP contribution < -0.4 is 10.9 Å². The minimum absolute atomic E-state index is 0.0110. The van der Waals surface area contributed by atoms with Crippen LogP contribution in [-0.2, 0) is 55.3 Å². The first-order chi connectivity index (χ1) is 28.4. The van der Waals surface area contributed by atoms with Crippen LogP contribution >= 0.6 is 0 Å². The van der Waals surface area contributed by atoms with Gasteiger partial charge in [0.2, 0.25) is 20.0 Å². The van der Waals surface area contributed by atoms with E-state index in [1.54, 1.807) is 113 Å². The fraction of sp³-hybridized carbons (Fsp3) is 0.429. The topological polar surface area (TPSA) is 240 Å². The van der Waals surface area contributed by atoms with Crippen LogP contribution in [0.4, 0.5) is 0 Å². The van der Waals surface area contributed by atoms with Crippen molar-refractivity contribution < 1.29 is 46.9 Å². The number of rotatable bonds is 25. The van der Waals surface area contributed by atoms with Gasteiger partial charge >= 0.3 is 11.9 Å². The van der Waals surface area contributed by atoms with Crippen LogP contribution in [0.25, 0.3) is 0 Å². The summed E-state index contributed by atoms with van der Waals surface area (Å²) in [6.45, 7) is 6.17. The summed E-state index contributed by atoms with van der Waals surface area (Å²) in [5, 5.41) is 45.4. The van der Waals surface area contributed by atoms with Crippen LogP contribution in [0, 0.1) is 11.8 Å². The molecule has 6 N–H and O–H groups in total. The van der Waals surface area contributed by atoms with Crippen LogP contribution in [-0.4, -0.2) is 116 Å². The lowest BCUT2D eigenvalue weighted by Crippen LogP contribution is -2.66. The van der Waals surface area contributed by atoms with E-state index in [1.807, 2.05) is 0 Å². The maximum atomic E-state index is 14.2. The van der Waals surface area contributed by atoms with Crippen molar-refractivity contribution in [2.45, 2.75) is 89.8 Å². The highest BCUT2D eigenvalue weighted by molar-refractivity contribution is 7.89. The van der Waals surface area contributed by atoms with E-state index in [0.717, 1.165) is 0 Å². The Labute approximate surface area is 352 Å². The summed E-state index contributed by atoms with van der Waals surface area (Å²) in [5.41, 5.74) is 8.06. The summed E-state index contributed by atoms with van der Waals surface area (Å²) < 4.78 is 58.2. The fourth-order valence-corrected chi connectivity index (χ4v) is 10.1. The number of hydrazine groups is 2. The minimum atomic E-state index is -4.47. The first-order valence-electron chi connectivity index (χ1n) is 19.6. The summed E-state index contributed by atoms with van der Waals surface area (Å²) in [6.07, 6.45) is 1.95. The standard InChI is InChI=1S/C42H56N6O10S2/c1-29(2)37(41(51)52)47(59(55,56)25-19-31-15-21-43-22-16-31)45-35(27-33-11-7-5-8-12-33)39(49)40(50)36(28-34-13-9-6-10-14-34)46-48(38(30(3)4)42(53)54)60(57,58)26-20-32-17-23-44-24-18-32/h5-18,21-24,29-30,35-40,45-46,49-50H,19-20,25-28H2,1-4H3,(H,51,52)(H,53,54)/t35-,36-,37-,38-,39-,40+/m0/s1. The Bertz CT molecular complexity index is 2000. The van der Waals surface area contributed by atoms with Crippen molar-refractivity contribution in [1.29, 1.82) is 0 Å². The van der Waals surface area contributed by atoms with E-state index in [9.17, 15) is 46.9 Å². The van der Waals surface area contributed by atoms with E-state index in [4.69, 9.17) is 0 Å².